The molecule has 0 unspecified atom stereocenters. The third-order valence-corrected chi connectivity index (χ3v) is 3.88. The van der Waals surface area contributed by atoms with E-state index in [2.05, 4.69) is 20.3 Å². The Labute approximate surface area is 133 Å². The van der Waals surface area contributed by atoms with Crippen molar-refractivity contribution in [3.63, 3.8) is 0 Å². The molecule has 0 spiro atoms. The fourth-order valence-electron chi connectivity index (χ4n) is 2.45. The number of amides is 1. The van der Waals surface area contributed by atoms with Crippen LogP contribution in [0.5, 0.6) is 0 Å². The van der Waals surface area contributed by atoms with Crippen LogP contribution in [0.25, 0.3) is 11.1 Å². The molecule has 1 amide bonds. The lowest BCUT2D eigenvalue weighted by atomic mass is 10.2. The van der Waals surface area contributed by atoms with Crippen molar-refractivity contribution >= 4 is 17.0 Å². The van der Waals surface area contributed by atoms with Gasteiger partial charge in [0.1, 0.15) is 5.52 Å². The monoisotopic (exact) mass is 308 g/mol. The predicted molar refractivity (Wildman–Crippen MR) is 84.1 cm³/mol. The van der Waals surface area contributed by atoms with Gasteiger partial charge in [0.25, 0.3) is 5.91 Å². The molecule has 0 atom stereocenters. The van der Waals surface area contributed by atoms with Gasteiger partial charge in [-0.2, -0.15) is 0 Å². The van der Waals surface area contributed by atoms with Crippen molar-refractivity contribution in [2.24, 2.45) is 0 Å². The van der Waals surface area contributed by atoms with Gasteiger partial charge in [-0.25, -0.2) is 4.98 Å². The zero-order valence-electron chi connectivity index (χ0n) is 12.5. The number of rotatable bonds is 5. The summed E-state index contributed by atoms with van der Waals surface area (Å²) in [7, 11) is 0. The molecule has 2 aromatic heterocycles. The smallest absolute Gasteiger partial charge is 0.251 e. The molecule has 1 N–H and O–H groups in total. The van der Waals surface area contributed by atoms with Crippen molar-refractivity contribution < 1.29 is 9.21 Å². The van der Waals surface area contributed by atoms with E-state index in [9.17, 15) is 4.79 Å². The third kappa shape index (κ3) is 3.06. The first-order chi connectivity index (χ1) is 11.3. The van der Waals surface area contributed by atoms with Gasteiger partial charge in [0.2, 0.25) is 0 Å². The minimum atomic E-state index is -0.125. The molecule has 6 nitrogen and oxygen atoms in total. The second kappa shape index (κ2) is 5.79. The summed E-state index contributed by atoms with van der Waals surface area (Å²) < 4.78 is 5.75. The average Bonchev–Trinajstić information content (AvgIpc) is 3.34. The molecule has 1 aliphatic carbocycles. The van der Waals surface area contributed by atoms with Crippen LogP contribution in [0, 0.1) is 0 Å². The largest absolute Gasteiger partial charge is 0.440 e. The predicted octanol–water partition coefficient (Wildman–Crippen LogP) is 2.47. The highest BCUT2D eigenvalue weighted by Crippen LogP contribution is 2.40. The first-order valence-corrected chi connectivity index (χ1v) is 7.73. The number of hydrogen-bond donors (Lipinski definition) is 1. The number of fused-ring (bicyclic) bond motifs is 1. The van der Waals surface area contributed by atoms with E-state index in [1.165, 1.54) is 0 Å². The van der Waals surface area contributed by atoms with Crippen LogP contribution in [0.1, 0.15) is 40.7 Å². The summed E-state index contributed by atoms with van der Waals surface area (Å²) in [5.41, 5.74) is 2.92. The fraction of sp³-hybridized carbons (Fsp3) is 0.294. The number of oxazole rings is 1. The van der Waals surface area contributed by atoms with Gasteiger partial charge < -0.3 is 9.73 Å². The second-order valence-electron chi connectivity index (χ2n) is 5.71. The van der Waals surface area contributed by atoms with E-state index in [-0.39, 0.29) is 5.91 Å². The molecule has 23 heavy (non-hydrogen) atoms. The number of hydrogen-bond acceptors (Lipinski definition) is 5. The highest BCUT2D eigenvalue weighted by molar-refractivity contribution is 5.97. The van der Waals surface area contributed by atoms with Crippen LogP contribution >= 0.6 is 0 Å². The summed E-state index contributed by atoms with van der Waals surface area (Å²) in [5, 5.41) is 2.89. The summed E-state index contributed by atoms with van der Waals surface area (Å²) in [6.45, 7) is 0.513. The molecule has 0 saturated heterocycles. The zero-order valence-corrected chi connectivity index (χ0v) is 12.5. The van der Waals surface area contributed by atoms with Crippen LogP contribution in [-0.2, 0) is 6.42 Å². The molecule has 1 aromatic carbocycles. The van der Waals surface area contributed by atoms with E-state index in [1.54, 1.807) is 30.7 Å². The Morgan fingerprint density at radius 1 is 1.30 bits per heavy atom. The number of benzene rings is 1. The standard InChI is InChI=1S/C17H16N4O2/c22-16(20-6-5-13-10-18-7-8-19-13)12-3-4-14-15(9-12)23-17(21-14)11-1-2-11/h3-4,7-11H,1-2,5-6H2,(H,20,22). The van der Waals surface area contributed by atoms with E-state index in [4.69, 9.17) is 4.42 Å². The lowest BCUT2D eigenvalue weighted by molar-refractivity contribution is 0.0954. The molecule has 0 radical (unpaired) electrons. The SMILES string of the molecule is O=C(NCCc1cnccn1)c1ccc2nc(C3CC3)oc2c1. The summed E-state index contributed by atoms with van der Waals surface area (Å²) in [5.74, 6) is 1.13. The Morgan fingerprint density at radius 3 is 3.00 bits per heavy atom. The minimum absolute atomic E-state index is 0.125. The Hall–Kier alpha value is -2.76. The van der Waals surface area contributed by atoms with Gasteiger partial charge >= 0.3 is 0 Å². The van der Waals surface area contributed by atoms with Gasteiger partial charge in [-0.1, -0.05) is 0 Å². The molecule has 1 saturated carbocycles. The van der Waals surface area contributed by atoms with Crippen LogP contribution in [-0.4, -0.2) is 27.4 Å². The van der Waals surface area contributed by atoms with Crippen molar-refractivity contribution in [3.05, 3.63) is 53.9 Å². The summed E-state index contributed by atoms with van der Waals surface area (Å²) in [6, 6.07) is 5.37. The maximum absolute atomic E-state index is 12.2. The van der Waals surface area contributed by atoms with E-state index in [1.807, 2.05) is 6.07 Å². The molecule has 4 rings (SSSR count). The van der Waals surface area contributed by atoms with Gasteiger partial charge in [-0.05, 0) is 31.0 Å². The zero-order chi connectivity index (χ0) is 15.6. The van der Waals surface area contributed by atoms with Gasteiger partial charge in [0, 0.05) is 43.0 Å². The Kier molecular flexibility index (Phi) is 3.49. The minimum Gasteiger partial charge on any atom is -0.440 e. The van der Waals surface area contributed by atoms with Crippen molar-refractivity contribution in [2.45, 2.75) is 25.2 Å². The second-order valence-corrected chi connectivity index (χ2v) is 5.71. The number of carbonyl (C=O) groups is 1. The number of carbonyl (C=O) groups excluding carboxylic acids is 1. The van der Waals surface area contributed by atoms with Crippen molar-refractivity contribution in [1.82, 2.24) is 20.3 Å². The molecule has 0 aliphatic heterocycles. The fourth-order valence-corrected chi connectivity index (χ4v) is 2.45. The van der Waals surface area contributed by atoms with Crippen LogP contribution < -0.4 is 5.32 Å². The van der Waals surface area contributed by atoms with Gasteiger partial charge in [0.05, 0.1) is 5.69 Å². The third-order valence-electron chi connectivity index (χ3n) is 3.88. The molecule has 1 fully saturated rings. The van der Waals surface area contributed by atoms with Crippen LogP contribution in [0.15, 0.2) is 41.2 Å². The normalized spacial score (nSPS) is 14.1. The number of nitrogens with one attached hydrogen (secondary N) is 1. The van der Waals surface area contributed by atoms with E-state index < -0.39 is 0 Å². The van der Waals surface area contributed by atoms with Crippen molar-refractivity contribution in [3.8, 4) is 0 Å². The van der Waals surface area contributed by atoms with Crippen LogP contribution in [0.4, 0.5) is 0 Å². The van der Waals surface area contributed by atoms with E-state index in [0.717, 1.165) is 29.9 Å². The van der Waals surface area contributed by atoms with Gasteiger partial charge in [-0.3, -0.25) is 14.8 Å². The molecule has 6 heteroatoms. The average molecular weight is 308 g/mol. The first kappa shape index (κ1) is 13.9. The lowest BCUT2D eigenvalue weighted by Gasteiger charge is -2.04. The number of nitrogens with zero attached hydrogens (tertiary/aromatic N) is 3. The molecule has 116 valence electrons. The molecule has 2 heterocycles. The van der Waals surface area contributed by atoms with E-state index >= 15 is 0 Å². The quantitative estimate of drug-likeness (QED) is 0.783. The van der Waals surface area contributed by atoms with Gasteiger partial charge in [0.15, 0.2) is 11.5 Å². The summed E-state index contributed by atoms with van der Waals surface area (Å²) >= 11 is 0. The maximum atomic E-state index is 12.2. The summed E-state index contributed by atoms with van der Waals surface area (Å²) in [4.78, 5) is 24.9. The van der Waals surface area contributed by atoms with Crippen molar-refractivity contribution in [2.75, 3.05) is 6.54 Å². The first-order valence-electron chi connectivity index (χ1n) is 7.73. The maximum Gasteiger partial charge on any atom is 0.251 e. The molecular formula is C17H16N4O2. The van der Waals surface area contributed by atoms with Crippen LogP contribution in [0.3, 0.4) is 0 Å². The Balaban J connectivity index is 1.42. The van der Waals surface area contributed by atoms with Gasteiger partial charge in [-0.15, -0.1) is 0 Å². The Morgan fingerprint density at radius 2 is 2.22 bits per heavy atom. The summed E-state index contributed by atoms with van der Waals surface area (Å²) in [6.07, 6.45) is 7.91. The van der Waals surface area contributed by atoms with Crippen LogP contribution in [0.2, 0.25) is 0 Å². The topological polar surface area (TPSA) is 80.9 Å². The van der Waals surface area contributed by atoms with E-state index in [0.29, 0.717) is 30.0 Å². The highest BCUT2D eigenvalue weighted by Gasteiger charge is 2.29. The molecular weight excluding hydrogens is 292 g/mol. The number of aromatic nitrogens is 3. The molecule has 1 aliphatic rings. The molecule has 3 aromatic rings. The lowest BCUT2D eigenvalue weighted by Crippen LogP contribution is -2.25. The highest BCUT2D eigenvalue weighted by atomic mass is 16.3. The molecule has 0 bridgehead atoms. The van der Waals surface area contributed by atoms with Crippen molar-refractivity contribution in [1.29, 1.82) is 0 Å². The Bertz CT molecular complexity index is 840.